The lowest BCUT2D eigenvalue weighted by Gasteiger charge is -1.81. The molecule has 0 spiro atoms. The fourth-order valence-corrected chi connectivity index (χ4v) is 0.995. The lowest BCUT2D eigenvalue weighted by atomic mass is 10.2. The summed E-state index contributed by atoms with van der Waals surface area (Å²) in [6, 6.07) is 8.25. The monoisotopic (exact) mass is 213 g/mol. The van der Waals surface area contributed by atoms with Gasteiger partial charge < -0.3 is 4.98 Å². The van der Waals surface area contributed by atoms with E-state index in [0.717, 1.165) is 0 Å². The van der Waals surface area contributed by atoms with Gasteiger partial charge in [-0.1, -0.05) is 24.3 Å². The van der Waals surface area contributed by atoms with Gasteiger partial charge in [-0.3, -0.25) is 4.55 Å². The maximum Gasteiger partial charge on any atom is 0.261 e. The Morgan fingerprint density at radius 3 is 1.86 bits per heavy atom. The second-order valence-electron chi connectivity index (χ2n) is 2.82. The van der Waals surface area contributed by atoms with Crippen LogP contribution in [-0.4, -0.2) is 24.2 Å². The predicted octanol–water partition coefficient (Wildman–Crippen LogP) is 1.67. The van der Waals surface area contributed by atoms with Crippen molar-refractivity contribution in [3.05, 3.63) is 36.7 Å². The number of rotatable bonds is 0. The second-order valence-corrected chi connectivity index (χ2v) is 4.28. The lowest BCUT2D eigenvalue weighted by Crippen LogP contribution is -1.88. The highest BCUT2D eigenvalue weighted by Gasteiger charge is 1.86. The van der Waals surface area contributed by atoms with Crippen LogP contribution in [0, 0.1) is 0 Å². The van der Waals surface area contributed by atoms with Crippen LogP contribution in [0.5, 0.6) is 0 Å². The van der Waals surface area contributed by atoms with Gasteiger partial charge in [-0.15, -0.1) is 0 Å². The average Bonchev–Trinajstić information content (AvgIpc) is 2.47. The van der Waals surface area contributed by atoms with E-state index in [0.29, 0.717) is 6.26 Å². The summed E-state index contributed by atoms with van der Waals surface area (Å²) < 4.78 is 25.9. The molecule has 5 heteroatoms. The molecule has 0 amide bonds. The van der Waals surface area contributed by atoms with Crippen LogP contribution in [0.1, 0.15) is 0 Å². The highest BCUT2D eigenvalue weighted by Crippen LogP contribution is 2.10. The van der Waals surface area contributed by atoms with Crippen molar-refractivity contribution < 1.29 is 13.0 Å². The Kier molecular flexibility index (Phi) is 3.27. The molecule has 1 aromatic carbocycles. The van der Waals surface area contributed by atoms with Crippen molar-refractivity contribution in [2.75, 3.05) is 6.26 Å². The van der Waals surface area contributed by atoms with Crippen LogP contribution in [-0.2, 0) is 10.1 Å². The predicted molar refractivity (Wildman–Crippen MR) is 55.8 cm³/mol. The van der Waals surface area contributed by atoms with Gasteiger partial charge in [-0.05, 0) is 10.8 Å². The molecular formula is C9H11NO3S. The summed E-state index contributed by atoms with van der Waals surface area (Å²) in [4.78, 5) is 3.04. The Morgan fingerprint density at radius 1 is 1.14 bits per heavy atom. The molecule has 2 N–H and O–H groups in total. The third-order valence-electron chi connectivity index (χ3n) is 1.47. The Hall–Kier alpha value is -1.33. The van der Waals surface area contributed by atoms with E-state index in [1.807, 2.05) is 24.5 Å². The van der Waals surface area contributed by atoms with Crippen molar-refractivity contribution in [2.45, 2.75) is 0 Å². The van der Waals surface area contributed by atoms with Crippen molar-refractivity contribution in [3.8, 4) is 0 Å². The molecule has 0 unspecified atom stereocenters. The van der Waals surface area contributed by atoms with Gasteiger partial charge in [0, 0.05) is 12.4 Å². The van der Waals surface area contributed by atoms with Crippen molar-refractivity contribution in [1.29, 1.82) is 0 Å². The molecule has 0 atom stereocenters. The van der Waals surface area contributed by atoms with Gasteiger partial charge in [0.2, 0.25) is 0 Å². The van der Waals surface area contributed by atoms with Crippen LogP contribution < -0.4 is 0 Å². The molecule has 0 aliphatic carbocycles. The topological polar surface area (TPSA) is 70.2 Å². The molecule has 14 heavy (non-hydrogen) atoms. The Morgan fingerprint density at radius 2 is 1.50 bits per heavy atom. The van der Waals surface area contributed by atoms with Gasteiger partial charge in [0.25, 0.3) is 10.1 Å². The van der Waals surface area contributed by atoms with Gasteiger partial charge in [0.05, 0.1) is 6.26 Å². The van der Waals surface area contributed by atoms with E-state index in [4.69, 9.17) is 4.55 Å². The summed E-state index contributed by atoms with van der Waals surface area (Å²) in [7, 11) is -3.67. The molecule has 0 saturated carbocycles. The fourth-order valence-electron chi connectivity index (χ4n) is 0.995. The van der Waals surface area contributed by atoms with E-state index in [9.17, 15) is 8.42 Å². The van der Waals surface area contributed by atoms with Crippen LogP contribution in [0.4, 0.5) is 0 Å². The minimum atomic E-state index is -3.67. The molecule has 2 rings (SSSR count). The number of aromatic amines is 1. The molecule has 0 aliphatic rings. The van der Waals surface area contributed by atoms with E-state index in [1.165, 1.54) is 10.8 Å². The Labute approximate surface area is 82.3 Å². The Balaban J connectivity index is 0.000000171. The molecule has 0 radical (unpaired) electrons. The van der Waals surface area contributed by atoms with Gasteiger partial charge in [0.15, 0.2) is 0 Å². The van der Waals surface area contributed by atoms with E-state index in [-0.39, 0.29) is 0 Å². The lowest BCUT2D eigenvalue weighted by molar-refractivity contribution is 0.490. The van der Waals surface area contributed by atoms with Gasteiger partial charge >= 0.3 is 0 Å². The molecule has 0 aliphatic heterocycles. The van der Waals surface area contributed by atoms with Crippen LogP contribution in [0.3, 0.4) is 0 Å². The summed E-state index contributed by atoms with van der Waals surface area (Å²) in [6.07, 6.45) is 4.71. The van der Waals surface area contributed by atoms with Gasteiger partial charge in [0.1, 0.15) is 0 Å². The summed E-state index contributed by atoms with van der Waals surface area (Å²) in [5, 5.41) is 2.55. The average molecular weight is 213 g/mol. The van der Waals surface area contributed by atoms with Crippen molar-refractivity contribution in [3.63, 3.8) is 0 Å². The minimum Gasteiger partial charge on any atom is -0.366 e. The largest absolute Gasteiger partial charge is 0.366 e. The molecule has 1 heterocycles. The fraction of sp³-hybridized carbons (Fsp3) is 0.111. The summed E-state index contributed by atoms with van der Waals surface area (Å²) in [5.41, 5.74) is 0. The van der Waals surface area contributed by atoms with Crippen LogP contribution >= 0.6 is 0 Å². The molecule has 76 valence electrons. The minimum absolute atomic E-state index is 0.715. The smallest absolute Gasteiger partial charge is 0.261 e. The summed E-state index contributed by atoms with van der Waals surface area (Å²) in [5.74, 6) is 0. The van der Waals surface area contributed by atoms with Gasteiger partial charge in [-0.2, -0.15) is 8.42 Å². The maximum absolute atomic E-state index is 9.19. The third kappa shape index (κ3) is 4.06. The van der Waals surface area contributed by atoms with Gasteiger partial charge in [-0.25, -0.2) is 0 Å². The number of aromatic nitrogens is 1. The quantitative estimate of drug-likeness (QED) is 0.654. The van der Waals surface area contributed by atoms with E-state index >= 15 is 0 Å². The standard InChI is InChI=1S/C8H7N.CH4O3S/c1-2-4-8-6-9-5-7(8)3-1;1-5(2,3)4/h1-6,9H;1H3,(H,2,3,4). The van der Waals surface area contributed by atoms with E-state index in [1.54, 1.807) is 0 Å². The summed E-state index contributed by atoms with van der Waals surface area (Å²) in [6.45, 7) is 0. The molecule has 4 nitrogen and oxygen atoms in total. The highest BCUT2D eigenvalue weighted by atomic mass is 32.2. The molecule has 0 bridgehead atoms. The number of H-pyrrole nitrogens is 1. The van der Waals surface area contributed by atoms with Crippen molar-refractivity contribution in [2.24, 2.45) is 0 Å². The number of nitrogens with one attached hydrogen (secondary N) is 1. The second kappa shape index (κ2) is 4.26. The number of hydrogen-bond acceptors (Lipinski definition) is 2. The maximum atomic E-state index is 9.19. The molecule has 0 fully saturated rings. The SMILES string of the molecule is CS(=O)(=O)O.c1ccc2c[nH]cc2c1. The Bertz CT molecular complexity index is 463. The first-order chi connectivity index (χ1) is 6.47. The first-order valence-corrected chi connectivity index (χ1v) is 5.75. The summed E-state index contributed by atoms with van der Waals surface area (Å²) >= 11 is 0. The number of benzene rings is 1. The zero-order valence-corrected chi connectivity index (χ0v) is 8.45. The normalized spacial score (nSPS) is 10.7. The van der Waals surface area contributed by atoms with Crippen molar-refractivity contribution >= 4 is 20.9 Å². The highest BCUT2D eigenvalue weighted by molar-refractivity contribution is 7.85. The van der Waals surface area contributed by atoms with Crippen LogP contribution in [0.25, 0.3) is 10.8 Å². The third-order valence-corrected chi connectivity index (χ3v) is 1.47. The van der Waals surface area contributed by atoms with E-state index < -0.39 is 10.1 Å². The first-order valence-electron chi connectivity index (χ1n) is 3.91. The first kappa shape index (κ1) is 10.7. The van der Waals surface area contributed by atoms with Crippen LogP contribution in [0.15, 0.2) is 36.7 Å². The van der Waals surface area contributed by atoms with E-state index in [2.05, 4.69) is 17.1 Å². The molecule has 1 aromatic heterocycles. The zero-order chi connectivity index (χ0) is 10.6. The molecule has 2 aromatic rings. The molecular weight excluding hydrogens is 202 g/mol. The number of fused-ring (bicyclic) bond motifs is 1. The zero-order valence-electron chi connectivity index (χ0n) is 7.64. The van der Waals surface area contributed by atoms with Crippen LogP contribution in [0.2, 0.25) is 0 Å². The number of hydrogen-bond donors (Lipinski definition) is 2. The molecule has 0 saturated heterocycles. The van der Waals surface area contributed by atoms with Crippen molar-refractivity contribution in [1.82, 2.24) is 4.98 Å².